The molecule has 1 aliphatic heterocycles. The largest absolute Gasteiger partial charge is 0.497 e. The Balaban J connectivity index is 1.79. The summed E-state index contributed by atoms with van der Waals surface area (Å²) in [7, 11) is 2.99. The molecule has 1 saturated heterocycles. The summed E-state index contributed by atoms with van der Waals surface area (Å²) >= 11 is 0. The van der Waals surface area contributed by atoms with Crippen molar-refractivity contribution < 1.29 is 24.2 Å². The Hall–Kier alpha value is -2.86. The molecule has 1 heterocycles. The van der Waals surface area contributed by atoms with Crippen LogP contribution in [0.4, 0.5) is 5.69 Å². The molecule has 0 radical (unpaired) electrons. The van der Waals surface area contributed by atoms with Gasteiger partial charge in [0.1, 0.15) is 11.5 Å². The maximum absolute atomic E-state index is 13.3. The van der Waals surface area contributed by atoms with Gasteiger partial charge in [-0.25, -0.2) is 0 Å². The Morgan fingerprint density at radius 3 is 2.55 bits per heavy atom. The van der Waals surface area contributed by atoms with Crippen molar-refractivity contribution in [1.82, 2.24) is 0 Å². The number of aliphatic hydroxyl groups is 1. The maximum Gasteiger partial charge on any atom is 0.198 e. The third-order valence-corrected chi connectivity index (χ3v) is 5.92. The average Bonchev–Trinajstić information content (AvgIpc) is 2.76. The Labute approximate surface area is 170 Å². The number of ketones is 2. The number of hydrogen-bond donors (Lipinski definition) is 1. The van der Waals surface area contributed by atoms with Crippen molar-refractivity contribution in [2.75, 3.05) is 32.3 Å². The number of rotatable bonds is 5. The lowest BCUT2D eigenvalue weighted by Crippen LogP contribution is -2.40. The molecule has 29 heavy (non-hydrogen) atoms. The summed E-state index contributed by atoms with van der Waals surface area (Å²) in [6.07, 6.45) is 3.92. The van der Waals surface area contributed by atoms with Crippen LogP contribution in [0.5, 0.6) is 11.5 Å². The van der Waals surface area contributed by atoms with Gasteiger partial charge < -0.3 is 19.5 Å². The molecule has 2 aromatic rings. The van der Waals surface area contributed by atoms with Crippen molar-refractivity contribution in [1.29, 1.82) is 0 Å². The van der Waals surface area contributed by atoms with Crippen LogP contribution >= 0.6 is 0 Å². The monoisotopic (exact) mass is 395 g/mol. The zero-order valence-electron chi connectivity index (χ0n) is 16.7. The van der Waals surface area contributed by atoms with Crippen LogP contribution in [0.15, 0.2) is 30.3 Å². The standard InChI is InChI=1S/C23H25NO5/c1-28-16-12-19-21(20(13-16)29-2)23(27)17-7-6-15(11-18(17)22(19)26)24-9-4-3-5-14(24)8-10-25/h6-7,11-14,25H,3-5,8-10H2,1-2H3. The van der Waals surface area contributed by atoms with E-state index in [1.165, 1.54) is 14.2 Å². The fourth-order valence-corrected chi connectivity index (χ4v) is 4.45. The number of nitrogens with zero attached hydrogens (tertiary/aromatic N) is 1. The number of aliphatic hydroxyl groups excluding tert-OH is 1. The number of fused-ring (bicyclic) bond motifs is 2. The SMILES string of the molecule is COc1cc(OC)c2c(c1)C(=O)c1cc(N3CCCCC3CCO)ccc1C2=O. The molecular weight excluding hydrogens is 370 g/mol. The molecular formula is C23H25NO5. The molecule has 1 aliphatic carbocycles. The highest BCUT2D eigenvalue weighted by molar-refractivity contribution is 6.29. The highest BCUT2D eigenvalue weighted by Crippen LogP contribution is 2.38. The van der Waals surface area contributed by atoms with E-state index < -0.39 is 0 Å². The minimum absolute atomic E-state index is 0.135. The number of methoxy groups -OCH3 is 2. The number of hydrogen-bond acceptors (Lipinski definition) is 6. The summed E-state index contributed by atoms with van der Waals surface area (Å²) in [5, 5.41) is 9.41. The first-order valence-corrected chi connectivity index (χ1v) is 9.96. The number of benzene rings is 2. The van der Waals surface area contributed by atoms with E-state index in [0.29, 0.717) is 34.6 Å². The zero-order chi connectivity index (χ0) is 20.5. The molecule has 2 aromatic carbocycles. The lowest BCUT2D eigenvalue weighted by molar-refractivity contribution is 0.0976. The molecule has 0 amide bonds. The van der Waals surface area contributed by atoms with E-state index in [2.05, 4.69) is 4.90 Å². The van der Waals surface area contributed by atoms with Crippen LogP contribution in [0.2, 0.25) is 0 Å². The first-order chi connectivity index (χ1) is 14.1. The van der Waals surface area contributed by atoms with Gasteiger partial charge in [0, 0.05) is 47.6 Å². The van der Waals surface area contributed by atoms with Gasteiger partial charge in [-0.3, -0.25) is 9.59 Å². The van der Waals surface area contributed by atoms with Crippen LogP contribution in [-0.4, -0.2) is 50.1 Å². The number of carbonyl (C=O) groups excluding carboxylic acids is 2. The molecule has 6 heteroatoms. The van der Waals surface area contributed by atoms with E-state index in [0.717, 1.165) is 31.5 Å². The smallest absolute Gasteiger partial charge is 0.198 e. The predicted molar refractivity (Wildman–Crippen MR) is 110 cm³/mol. The quantitative estimate of drug-likeness (QED) is 0.715. The van der Waals surface area contributed by atoms with Gasteiger partial charge in [-0.05, 0) is 49.9 Å². The summed E-state index contributed by atoms with van der Waals surface area (Å²) in [6, 6.07) is 8.93. The molecule has 2 aliphatic rings. The Kier molecular flexibility index (Phi) is 5.28. The lowest BCUT2D eigenvalue weighted by Gasteiger charge is -2.38. The fourth-order valence-electron chi connectivity index (χ4n) is 4.45. The van der Waals surface area contributed by atoms with E-state index in [1.54, 1.807) is 18.2 Å². The van der Waals surface area contributed by atoms with Crippen LogP contribution in [-0.2, 0) is 0 Å². The molecule has 1 fully saturated rings. The van der Waals surface area contributed by atoms with Crippen molar-refractivity contribution >= 4 is 17.3 Å². The Bertz CT molecular complexity index is 966. The van der Waals surface area contributed by atoms with Crippen molar-refractivity contribution in [2.24, 2.45) is 0 Å². The van der Waals surface area contributed by atoms with Crippen molar-refractivity contribution in [3.63, 3.8) is 0 Å². The van der Waals surface area contributed by atoms with Crippen LogP contribution in [0, 0.1) is 0 Å². The van der Waals surface area contributed by atoms with Gasteiger partial charge in [-0.2, -0.15) is 0 Å². The van der Waals surface area contributed by atoms with Gasteiger partial charge >= 0.3 is 0 Å². The molecule has 0 spiro atoms. The summed E-state index contributed by atoms with van der Waals surface area (Å²) < 4.78 is 10.6. The van der Waals surface area contributed by atoms with E-state index in [-0.39, 0.29) is 29.8 Å². The topological polar surface area (TPSA) is 76.1 Å². The third-order valence-electron chi connectivity index (χ3n) is 5.92. The molecule has 1 atom stereocenters. The van der Waals surface area contributed by atoms with Gasteiger partial charge in [0.15, 0.2) is 11.6 Å². The van der Waals surface area contributed by atoms with Crippen LogP contribution in [0.25, 0.3) is 0 Å². The van der Waals surface area contributed by atoms with Crippen molar-refractivity contribution in [2.45, 2.75) is 31.7 Å². The van der Waals surface area contributed by atoms with Gasteiger partial charge in [0.2, 0.25) is 0 Å². The van der Waals surface area contributed by atoms with Crippen LogP contribution in [0.3, 0.4) is 0 Å². The van der Waals surface area contributed by atoms with E-state index in [9.17, 15) is 14.7 Å². The second-order valence-corrected chi connectivity index (χ2v) is 7.50. The summed E-state index contributed by atoms with van der Waals surface area (Å²) in [5.74, 6) is 0.391. The average molecular weight is 395 g/mol. The fraction of sp³-hybridized carbons (Fsp3) is 0.391. The number of piperidine rings is 1. The van der Waals surface area contributed by atoms with E-state index in [4.69, 9.17) is 9.47 Å². The molecule has 0 bridgehead atoms. The minimum atomic E-state index is -0.216. The number of anilines is 1. The van der Waals surface area contributed by atoms with Crippen molar-refractivity contribution in [3.05, 3.63) is 52.6 Å². The summed E-state index contributed by atoms with van der Waals surface area (Å²) in [5.41, 5.74) is 2.31. The molecule has 1 N–H and O–H groups in total. The molecule has 0 saturated carbocycles. The van der Waals surface area contributed by atoms with Gasteiger partial charge in [-0.15, -0.1) is 0 Å². The summed E-state index contributed by atoms with van der Waals surface area (Å²) in [4.78, 5) is 28.7. The maximum atomic E-state index is 13.3. The second kappa shape index (κ2) is 7.87. The predicted octanol–water partition coefficient (Wildman–Crippen LogP) is 3.22. The van der Waals surface area contributed by atoms with Gasteiger partial charge in [-0.1, -0.05) is 0 Å². The van der Waals surface area contributed by atoms with Crippen molar-refractivity contribution in [3.8, 4) is 11.5 Å². The Morgan fingerprint density at radius 2 is 1.83 bits per heavy atom. The first kappa shape index (κ1) is 19.5. The lowest BCUT2D eigenvalue weighted by atomic mass is 9.83. The molecule has 0 aromatic heterocycles. The Morgan fingerprint density at radius 1 is 1.00 bits per heavy atom. The molecule has 4 rings (SSSR count). The number of carbonyl (C=O) groups is 2. The number of ether oxygens (including phenoxy) is 2. The zero-order valence-corrected chi connectivity index (χ0v) is 16.7. The van der Waals surface area contributed by atoms with Gasteiger partial charge in [0.25, 0.3) is 0 Å². The van der Waals surface area contributed by atoms with Crippen LogP contribution in [0.1, 0.15) is 57.5 Å². The normalized spacial score (nSPS) is 18.3. The molecule has 6 nitrogen and oxygen atoms in total. The van der Waals surface area contributed by atoms with E-state index in [1.807, 2.05) is 12.1 Å². The highest BCUT2D eigenvalue weighted by Gasteiger charge is 2.34. The highest BCUT2D eigenvalue weighted by atomic mass is 16.5. The van der Waals surface area contributed by atoms with Crippen LogP contribution < -0.4 is 14.4 Å². The van der Waals surface area contributed by atoms with E-state index >= 15 is 0 Å². The molecule has 1 unspecified atom stereocenters. The third kappa shape index (κ3) is 3.27. The summed E-state index contributed by atoms with van der Waals surface area (Å²) in [6.45, 7) is 1.01. The molecule has 152 valence electrons. The van der Waals surface area contributed by atoms with Gasteiger partial charge in [0.05, 0.1) is 19.8 Å². The second-order valence-electron chi connectivity index (χ2n) is 7.50. The minimum Gasteiger partial charge on any atom is -0.497 e. The first-order valence-electron chi connectivity index (χ1n) is 9.96.